The van der Waals surface area contributed by atoms with Gasteiger partial charge in [-0.3, -0.25) is 4.90 Å². The molecule has 0 aromatic carbocycles. The van der Waals surface area contributed by atoms with Gasteiger partial charge in [0, 0.05) is 4.88 Å². The van der Waals surface area contributed by atoms with Crippen molar-refractivity contribution < 1.29 is 9.53 Å². The molecule has 0 aliphatic carbocycles. The molecule has 0 saturated carbocycles. The van der Waals surface area contributed by atoms with Crippen LogP contribution in [0, 0.1) is 6.92 Å². The van der Waals surface area contributed by atoms with E-state index in [1.165, 1.54) is 4.88 Å². The molecule has 0 bridgehead atoms. The minimum absolute atomic E-state index is 0.254. The Morgan fingerprint density at radius 2 is 2.12 bits per heavy atom. The Morgan fingerprint density at radius 1 is 1.44 bits per heavy atom. The van der Waals surface area contributed by atoms with Crippen LogP contribution in [0.5, 0.6) is 0 Å². The number of thiazole rings is 1. The first-order chi connectivity index (χ1) is 7.35. The number of nitrogens with zero attached hydrogens (tertiary/aromatic N) is 2. The van der Waals surface area contributed by atoms with E-state index in [0.29, 0.717) is 13.1 Å². The lowest BCUT2D eigenvalue weighted by Crippen LogP contribution is -2.33. The lowest BCUT2D eigenvalue weighted by atomic mass is 10.2. The molecule has 1 aliphatic heterocycles. The molecule has 0 spiro atoms. The smallest absolute Gasteiger partial charge is 0.410 e. The summed E-state index contributed by atoms with van der Waals surface area (Å²) < 4.78 is 5.32. The summed E-state index contributed by atoms with van der Waals surface area (Å²) in [6.07, 6.45) is -0.254. The second-order valence-corrected chi connectivity index (χ2v) is 6.23. The molecule has 88 valence electrons. The number of carbonyl (C=O) groups is 1. The summed E-state index contributed by atoms with van der Waals surface area (Å²) in [5.74, 6) is 0. The molecule has 1 aromatic heterocycles. The molecule has 0 atom stereocenters. The van der Waals surface area contributed by atoms with Gasteiger partial charge in [-0.05, 0) is 27.7 Å². The van der Waals surface area contributed by atoms with Crippen LogP contribution >= 0.6 is 11.3 Å². The fraction of sp³-hybridized carbons (Fsp3) is 0.636. The lowest BCUT2D eigenvalue weighted by Gasteiger charge is -2.24. The molecular formula is C11H16N2O2S. The molecule has 0 saturated heterocycles. The minimum atomic E-state index is -0.434. The van der Waals surface area contributed by atoms with Gasteiger partial charge >= 0.3 is 6.09 Å². The topological polar surface area (TPSA) is 42.4 Å². The summed E-state index contributed by atoms with van der Waals surface area (Å²) in [5, 5.41) is 1.06. The molecule has 0 N–H and O–H groups in total. The van der Waals surface area contributed by atoms with Crippen molar-refractivity contribution in [1.82, 2.24) is 9.88 Å². The van der Waals surface area contributed by atoms with Crippen LogP contribution in [0.2, 0.25) is 0 Å². The van der Waals surface area contributed by atoms with Crippen molar-refractivity contribution in [3.63, 3.8) is 0 Å². The second kappa shape index (κ2) is 3.73. The lowest BCUT2D eigenvalue weighted by molar-refractivity contribution is 0.0241. The number of aryl methyl sites for hydroxylation is 1. The van der Waals surface area contributed by atoms with E-state index in [9.17, 15) is 4.79 Å². The van der Waals surface area contributed by atoms with Gasteiger partial charge in [0.15, 0.2) is 0 Å². The van der Waals surface area contributed by atoms with Crippen LogP contribution in [-0.4, -0.2) is 21.6 Å². The maximum atomic E-state index is 11.8. The normalized spacial score (nSPS) is 15.1. The summed E-state index contributed by atoms with van der Waals surface area (Å²) in [6, 6.07) is 0. The Balaban J connectivity index is 2.01. The predicted octanol–water partition coefficient (Wildman–Crippen LogP) is 2.70. The van der Waals surface area contributed by atoms with Crippen molar-refractivity contribution in [2.24, 2.45) is 0 Å². The van der Waals surface area contributed by atoms with Crippen molar-refractivity contribution >= 4 is 17.4 Å². The number of amides is 1. The number of rotatable bonds is 0. The van der Waals surface area contributed by atoms with E-state index in [-0.39, 0.29) is 6.09 Å². The van der Waals surface area contributed by atoms with E-state index in [1.807, 2.05) is 27.7 Å². The van der Waals surface area contributed by atoms with Gasteiger partial charge in [0.1, 0.15) is 5.60 Å². The highest BCUT2D eigenvalue weighted by molar-refractivity contribution is 7.11. The van der Waals surface area contributed by atoms with Crippen LogP contribution in [0.3, 0.4) is 0 Å². The van der Waals surface area contributed by atoms with Crippen LogP contribution in [-0.2, 0) is 17.8 Å². The minimum Gasteiger partial charge on any atom is -0.444 e. The van der Waals surface area contributed by atoms with Crippen LogP contribution < -0.4 is 0 Å². The Kier molecular flexibility index (Phi) is 2.66. The Hall–Kier alpha value is -1.10. The molecule has 5 heteroatoms. The maximum absolute atomic E-state index is 11.8. The van der Waals surface area contributed by atoms with Gasteiger partial charge in [-0.1, -0.05) is 0 Å². The third kappa shape index (κ3) is 2.35. The zero-order valence-corrected chi connectivity index (χ0v) is 10.8. The zero-order chi connectivity index (χ0) is 11.9. The SMILES string of the molecule is Cc1nc2c(s1)CN(C(=O)OC(C)(C)C)C2. The van der Waals surface area contributed by atoms with Gasteiger partial charge in [0.25, 0.3) is 0 Å². The van der Waals surface area contributed by atoms with Gasteiger partial charge in [-0.15, -0.1) is 11.3 Å². The zero-order valence-electron chi connectivity index (χ0n) is 10.0. The van der Waals surface area contributed by atoms with Crippen LogP contribution in [0.4, 0.5) is 4.79 Å². The van der Waals surface area contributed by atoms with Crippen LogP contribution in [0.25, 0.3) is 0 Å². The molecule has 16 heavy (non-hydrogen) atoms. The van der Waals surface area contributed by atoms with Crippen molar-refractivity contribution in [3.05, 3.63) is 15.6 Å². The molecule has 4 nitrogen and oxygen atoms in total. The number of hydrogen-bond donors (Lipinski definition) is 0. The molecule has 0 fully saturated rings. The highest BCUT2D eigenvalue weighted by Crippen LogP contribution is 2.28. The first-order valence-electron chi connectivity index (χ1n) is 5.28. The summed E-state index contributed by atoms with van der Waals surface area (Å²) in [4.78, 5) is 19.1. The van der Waals surface area contributed by atoms with Crippen molar-refractivity contribution in [1.29, 1.82) is 0 Å². The second-order valence-electron chi connectivity index (χ2n) is 4.94. The highest BCUT2D eigenvalue weighted by Gasteiger charge is 2.29. The number of fused-ring (bicyclic) bond motifs is 1. The first kappa shape index (κ1) is 11.4. The number of carbonyl (C=O) groups excluding carboxylic acids is 1. The third-order valence-electron chi connectivity index (χ3n) is 2.21. The highest BCUT2D eigenvalue weighted by atomic mass is 32.1. The molecule has 2 rings (SSSR count). The molecule has 2 heterocycles. The summed E-state index contributed by atoms with van der Waals surface area (Å²) in [7, 11) is 0. The van der Waals surface area contributed by atoms with E-state index in [2.05, 4.69) is 4.98 Å². The average Bonchev–Trinajstić information content (AvgIpc) is 2.56. The van der Waals surface area contributed by atoms with Crippen molar-refractivity contribution in [3.8, 4) is 0 Å². The average molecular weight is 240 g/mol. The van der Waals surface area contributed by atoms with E-state index in [4.69, 9.17) is 4.74 Å². The third-order valence-corrected chi connectivity index (χ3v) is 3.21. The summed E-state index contributed by atoms with van der Waals surface area (Å²) >= 11 is 1.66. The van der Waals surface area contributed by atoms with Crippen molar-refractivity contribution in [2.45, 2.75) is 46.4 Å². The van der Waals surface area contributed by atoms with Gasteiger partial charge in [-0.2, -0.15) is 0 Å². The molecular weight excluding hydrogens is 224 g/mol. The summed E-state index contributed by atoms with van der Waals surface area (Å²) in [5.41, 5.74) is 0.588. The van der Waals surface area contributed by atoms with Crippen molar-refractivity contribution in [2.75, 3.05) is 0 Å². The van der Waals surface area contributed by atoms with E-state index < -0.39 is 5.60 Å². The van der Waals surface area contributed by atoms with E-state index in [0.717, 1.165) is 10.7 Å². The van der Waals surface area contributed by atoms with E-state index in [1.54, 1.807) is 16.2 Å². The monoisotopic (exact) mass is 240 g/mol. The quantitative estimate of drug-likeness (QED) is 0.700. The fourth-order valence-corrected chi connectivity index (χ4v) is 2.59. The Morgan fingerprint density at radius 3 is 2.69 bits per heavy atom. The number of ether oxygens (including phenoxy) is 1. The Labute approximate surface area is 99.2 Å². The van der Waals surface area contributed by atoms with Crippen LogP contribution in [0.15, 0.2) is 0 Å². The molecule has 1 aromatic rings. The van der Waals surface area contributed by atoms with Gasteiger partial charge in [0.05, 0.1) is 23.8 Å². The number of aromatic nitrogens is 1. The summed E-state index contributed by atoms with van der Waals surface area (Å²) in [6.45, 7) is 8.82. The molecule has 1 amide bonds. The van der Waals surface area contributed by atoms with Gasteiger partial charge < -0.3 is 4.74 Å². The van der Waals surface area contributed by atoms with Gasteiger partial charge in [-0.25, -0.2) is 9.78 Å². The Bertz CT molecular complexity index is 397. The number of hydrogen-bond acceptors (Lipinski definition) is 4. The fourth-order valence-electron chi connectivity index (χ4n) is 1.63. The van der Waals surface area contributed by atoms with Gasteiger partial charge in [0.2, 0.25) is 0 Å². The molecule has 0 radical (unpaired) electrons. The standard InChI is InChI=1S/C11H16N2O2S/c1-7-12-8-5-13(6-9(8)16-7)10(14)15-11(2,3)4/h5-6H2,1-4H3. The molecule has 1 aliphatic rings. The molecule has 0 unspecified atom stereocenters. The van der Waals surface area contributed by atoms with Crippen LogP contribution in [0.1, 0.15) is 36.3 Å². The maximum Gasteiger partial charge on any atom is 0.410 e. The predicted molar refractivity (Wildman–Crippen MR) is 62.3 cm³/mol. The van der Waals surface area contributed by atoms with E-state index >= 15 is 0 Å². The largest absolute Gasteiger partial charge is 0.444 e. The first-order valence-corrected chi connectivity index (χ1v) is 6.10.